The van der Waals surface area contributed by atoms with E-state index in [0.717, 1.165) is 18.2 Å². The second kappa shape index (κ2) is 5.86. The van der Waals surface area contributed by atoms with Crippen molar-refractivity contribution in [3.8, 4) is 6.07 Å². The van der Waals surface area contributed by atoms with Gasteiger partial charge in [-0.2, -0.15) is 5.26 Å². The Bertz CT molecular complexity index is 442. The minimum absolute atomic E-state index is 0.358. The topological polar surface area (TPSA) is 35.8 Å². The fourth-order valence-electron chi connectivity index (χ4n) is 2.55. The monoisotopic (exact) mass is 246 g/mol. The van der Waals surface area contributed by atoms with Crippen molar-refractivity contribution in [1.29, 1.82) is 5.26 Å². The minimum atomic E-state index is -0.358. The second-order valence-corrected chi connectivity index (χ2v) is 5.31. The summed E-state index contributed by atoms with van der Waals surface area (Å²) >= 11 is 0. The van der Waals surface area contributed by atoms with Gasteiger partial charge >= 0.3 is 0 Å². The van der Waals surface area contributed by atoms with Gasteiger partial charge in [-0.3, -0.25) is 0 Å². The number of nitriles is 1. The zero-order valence-corrected chi connectivity index (χ0v) is 10.7. The Morgan fingerprint density at radius 2 is 2.06 bits per heavy atom. The molecular formula is C15H19FN2. The van der Waals surface area contributed by atoms with Crippen LogP contribution in [0.4, 0.5) is 10.1 Å². The number of rotatable bonds is 3. The zero-order valence-electron chi connectivity index (χ0n) is 10.7. The fourth-order valence-corrected chi connectivity index (χ4v) is 2.55. The second-order valence-electron chi connectivity index (χ2n) is 5.31. The van der Waals surface area contributed by atoms with Crippen molar-refractivity contribution in [2.75, 3.05) is 11.9 Å². The molecule has 2 nitrogen and oxygen atoms in total. The van der Waals surface area contributed by atoms with Gasteiger partial charge in [-0.15, -0.1) is 0 Å². The molecule has 1 aliphatic carbocycles. The Balaban J connectivity index is 1.92. The predicted octanol–water partition coefficient (Wildman–Crippen LogP) is 3.94. The Morgan fingerprint density at radius 3 is 2.72 bits per heavy atom. The number of anilines is 1. The van der Waals surface area contributed by atoms with Crippen LogP contribution in [0.3, 0.4) is 0 Å². The zero-order chi connectivity index (χ0) is 13.0. The highest BCUT2D eigenvalue weighted by Gasteiger charge is 2.18. The predicted molar refractivity (Wildman–Crippen MR) is 70.7 cm³/mol. The molecule has 18 heavy (non-hydrogen) atoms. The third-order valence-corrected chi connectivity index (χ3v) is 3.82. The molecule has 0 bridgehead atoms. The van der Waals surface area contributed by atoms with Crippen molar-refractivity contribution in [2.45, 2.75) is 32.6 Å². The van der Waals surface area contributed by atoms with E-state index in [1.54, 1.807) is 6.07 Å². The Morgan fingerprint density at radius 1 is 1.33 bits per heavy atom. The van der Waals surface area contributed by atoms with Gasteiger partial charge < -0.3 is 5.32 Å². The van der Waals surface area contributed by atoms with Gasteiger partial charge in [0.25, 0.3) is 0 Å². The molecule has 0 aliphatic heterocycles. The molecule has 1 aliphatic rings. The van der Waals surface area contributed by atoms with Gasteiger partial charge in [-0.1, -0.05) is 19.8 Å². The standard InChI is InChI=1S/C15H19FN2/c1-11-2-4-12(5-3-11)10-18-15-7-6-14(16)8-13(15)9-17/h6-8,11-12,18H,2-5,10H2,1H3. The van der Waals surface area contributed by atoms with Gasteiger partial charge in [-0.25, -0.2) is 4.39 Å². The van der Waals surface area contributed by atoms with Crippen molar-refractivity contribution in [2.24, 2.45) is 11.8 Å². The van der Waals surface area contributed by atoms with Crippen LogP contribution in [0, 0.1) is 29.0 Å². The fraction of sp³-hybridized carbons (Fsp3) is 0.533. The van der Waals surface area contributed by atoms with E-state index < -0.39 is 0 Å². The average Bonchev–Trinajstić information content (AvgIpc) is 2.39. The normalized spacial score (nSPS) is 23.4. The van der Waals surface area contributed by atoms with Crippen molar-refractivity contribution in [3.05, 3.63) is 29.6 Å². The number of benzene rings is 1. The van der Waals surface area contributed by atoms with Gasteiger partial charge in [0.05, 0.1) is 11.3 Å². The summed E-state index contributed by atoms with van der Waals surface area (Å²) in [5.74, 6) is 1.17. The van der Waals surface area contributed by atoms with Crippen LogP contribution in [0.15, 0.2) is 18.2 Å². The van der Waals surface area contributed by atoms with Crippen molar-refractivity contribution < 1.29 is 4.39 Å². The molecule has 0 unspecified atom stereocenters. The molecule has 0 atom stereocenters. The van der Waals surface area contributed by atoms with Gasteiger partial charge in [0.15, 0.2) is 0 Å². The summed E-state index contributed by atoms with van der Waals surface area (Å²) < 4.78 is 13.0. The summed E-state index contributed by atoms with van der Waals surface area (Å²) in [4.78, 5) is 0. The van der Waals surface area contributed by atoms with E-state index in [9.17, 15) is 4.39 Å². The lowest BCUT2D eigenvalue weighted by molar-refractivity contribution is 0.300. The Hall–Kier alpha value is -1.56. The van der Waals surface area contributed by atoms with Crippen molar-refractivity contribution in [1.82, 2.24) is 0 Å². The highest BCUT2D eigenvalue weighted by molar-refractivity contribution is 5.57. The van der Waals surface area contributed by atoms with Crippen molar-refractivity contribution in [3.63, 3.8) is 0 Å². The molecule has 2 rings (SSSR count). The maximum absolute atomic E-state index is 13.0. The first-order valence-corrected chi connectivity index (χ1v) is 6.62. The Kier molecular flexibility index (Phi) is 4.19. The van der Waals surface area contributed by atoms with Gasteiger partial charge in [0.1, 0.15) is 11.9 Å². The van der Waals surface area contributed by atoms with Gasteiger partial charge in [-0.05, 0) is 42.9 Å². The maximum Gasteiger partial charge on any atom is 0.124 e. The van der Waals surface area contributed by atoms with E-state index in [-0.39, 0.29) is 5.82 Å². The summed E-state index contributed by atoms with van der Waals surface area (Å²) in [7, 11) is 0. The quantitative estimate of drug-likeness (QED) is 0.877. The molecule has 3 heteroatoms. The molecule has 1 N–H and O–H groups in total. The van der Waals surface area contributed by atoms with E-state index in [0.29, 0.717) is 11.5 Å². The summed E-state index contributed by atoms with van der Waals surface area (Å²) in [6, 6.07) is 6.36. The highest BCUT2D eigenvalue weighted by Crippen LogP contribution is 2.28. The van der Waals surface area contributed by atoms with Crippen LogP contribution < -0.4 is 5.32 Å². The van der Waals surface area contributed by atoms with Crippen LogP contribution >= 0.6 is 0 Å². The first kappa shape index (κ1) is 12.9. The van der Waals surface area contributed by atoms with Crippen LogP contribution in [0.5, 0.6) is 0 Å². The molecule has 0 amide bonds. The SMILES string of the molecule is CC1CCC(CNc2ccc(F)cc2C#N)CC1. The number of nitrogens with one attached hydrogen (secondary N) is 1. The number of nitrogens with zero attached hydrogens (tertiary/aromatic N) is 1. The molecule has 0 saturated heterocycles. The first-order chi connectivity index (χ1) is 8.69. The summed E-state index contributed by atoms with van der Waals surface area (Å²) in [5.41, 5.74) is 1.14. The third-order valence-electron chi connectivity index (χ3n) is 3.82. The molecule has 0 spiro atoms. The van der Waals surface area contributed by atoms with Crippen LogP contribution in [0.25, 0.3) is 0 Å². The summed E-state index contributed by atoms with van der Waals surface area (Å²) in [6.45, 7) is 3.18. The van der Waals surface area contributed by atoms with Gasteiger partial charge in [0, 0.05) is 6.54 Å². The maximum atomic E-state index is 13.0. The highest BCUT2D eigenvalue weighted by atomic mass is 19.1. The molecule has 0 radical (unpaired) electrons. The number of halogens is 1. The van der Waals surface area contributed by atoms with Crippen LogP contribution in [-0.4, -0.2) is 6.54 Å². The van der Waals surface area contributed by atoms with Crippen LogP contribution in [0.2, 0.25) is 0 Å². The summed E-state index contributed by atoms with van der Waals surface area (Å²) in [5, 5.41) is 12.2. The van der Waals surface area contributed by atoms with E-state index in [1.807, 2.05) is 6.07 Å². The molecule has 1 aromatic carbocycles. The molecule has 1 fully saturated rings. The number of hydrogen-bond acceptors (Lipinski definition) is 2. The average molecular weight is 246 g/mol. The molecular weight excluding hydrogens is 227 g/mol. The minimum Gasteiger partial charge on any atom is -0.384 e. The van der Waals surface area contributed by atoms with E-state index >= 15 is 0 Å². The molecule has 1 aromatic rings. The van der Waals surface area contributed by atoms with E-state index in [2.05, 4.69) is 12.2 Å². The Labute approximate surface area is 108 Å². The molecule has 1 saturated carbocycles. The lowest BCUT2D eigenvalue weighted by Gasteiger charge is -2.26. The largest absolute Gasteiger partial charge is 0.384 e. The lowest BCUT2D eigenvalue weighted by Crippen LogP contribution is -2.20. The lowest BCUT2D eigenvalue weighted by atomic mass is 9.83. The first-order valence-electron chi connectivity index (χ1n) is 6.62. The van der Waals surface area contributed by atoms with Crippen LogP contribution in [-0.2, 0) is 0 Å². The summed E-state index contributed by atoms with van der Waals surface area (Å²) in [6.07, 6.45) is 5.08. The number of hydrogen-bond donors (Lipinski definition) is 1. The molecule has 0 heterocycles. The van der Waals surface area contributed by atoms with Crippen LogP contribution in [0.1, 0.15) is 38.2 Å². The smallest absolute Gasteiger partial charge is 0.124 e. The van der Waals surface area contributed by atoms with E-state index in [1.165, 1.54) is 37.8 Å². The third kappa shape index (κ3) is 3.22. The molecule has 0 aromatic heterocycles. The van der Waals surface area contributed by atoms with Crippen molar-refractivity contribution >= 4 is 5.69 Å². The van der Waals surface area contributed by atoms with Gasteiger partial charge in [0.2, 0.25) is 0 Å². The molecule has 96 valence electrons. The van der Waals surface area contributed by atoms with E-state index in [4.69, 9.17) is 5.26 Å².